The van der Waals surface area contributed by atoms with Gasteiger partial charge in [0.25, 0.3) is 5.69 Å². The first-order valence-electron chi connectivity index (χ1n) is 6.05. The zero-order chi connectivity index (χ0) is 16.0. The first-order chi connectivity index (χ1) is 9.93. The van der Waals surface area contributed by atoms with Crippen LogP contribution in [0.5, 0.6) is 0 Å². The molecule has 9 heteroatoms. The standard InChI is InChI=1S/C12H13BrN2O6/c1-3-20-11(16)10(12(17)21-4-2)9-7(13)5-14-6-8(9)15(18)19/h5-6,10H,3-4H2,1-2H3. The number of aromatic nitrogens is 1. The van der Waals surface area contributed by atoms with Gasteiger partial charge in [0.05, 0.1) is 23.7 Å². The molecule has 0 saturated heterocycles. The zero-order valence-corrected chi connectivity index (χ0v) is 13.0. The van der Waals surface area contributed by atoms with Crippen molar-refractivity contribution in [1.29, 1.82) is 0 Å². The van der Waals surface area contributed by atoms with Crippen LogP contribution in [0.15, 0.2) is 16.9 Å². The molecule has 0 bridgehead atoms. The number of nitrogens with zero attached hydrogens (tertiary/aromatic N) is 2. The van der Waals surface area contributed by atoms with Crippen LogP contribution in [0.25, 0.3) is 0 Å². The Labute approximate surface area is 128 Å². The maximum absolute atomic E-state index is 12.0. The number of carbonyl (C=O) groups is 2. The Bertz CT molecular complexity index is 545. The number of hydrogen-bond donors (Lipinski definition) is 0. The van der Waals surface area contributed by atoms with E-state index in [1.54, 1.807) is 13.8 Å². The molecule has 1 aromatic rings. The fourth-order valence-electron chi connectivity index (χ4n) is 1.65. The molecule has 0 fully saturated rings. The summed E-state index contributed by atoms with van der Waals surface area (Å²) in [6.07, 6.45) is 2.22. The van der Waals surface area contributed by atoms with Crippen molar-refractivity contribution < 1.29 is 24.0 Å². The number of hydrogen-bond acceptors (Lipinski definition) is 7. The predicted molar refractivity (Wildman–Crippen MR) is 74.6 cm³/mol. The summed E-state index contributed by atoms with van der Waals surface area (Å²) in [4.78, 5) is 38.0. The number of pyridine rings is 1. The summed E-state index contributed by atoms with van der Waals surface area (Å²) in [6.45, 7) is 3.20. The van der Waals surface area contributed by atoms with E-state index in [9.17, 15) is 19.7 Å². The fraction of sp³-hybridized carbons (Fsp3) is 0.417. The van der Waals surface area contributed by atoms with E-state index in [-0.39, 0.29) is 23.2 Å². The highest BCUT2D eigenvalue weighted by Gasteiger charge is 2.38. The Morgan fingerprint density at radius 2 is 1.81 bits per heavy atom. The second-order valence-electron chi connectivity index (χ2n) is 3.75. The maximum atomic E-state index is 12.0. The highest BCUT2D eigenvalue weighted by atomic mass is 79.9. The Morgan fingerprint density at radius 3 is 2.24 bits per heavy atom. The first-order valence-corrected chi connectivity index (χ1v) is 6.84. The summed E-state index contributed by atoms with van der Waals surface area (Å²) >= 11 is 3.07. The third-order valence-electron chi connectivity index (χ3n) is 2.45. The SMILES string of the molecule is CCOC(=O)C(C(=O)OCC)c1c(Br)cncc1[N+](=O)[O-]. The van der Waals surface area contributed by atoms with Crippen molar-refractivity contribution in [3.63, 3.8) is 0 Å². The van der Waals surface area contributed by atoms with Crippen LogP contribution in [0.3, 0.4) is 0 Å². The van der Waals surface area contributed by atoms with Crippen molar-refractivity contribution in [3.05, 3.63) is 32.5 Å². The molecule has 0 unspecified atom stereocenters. The van der Waals surface area contributed by atoms with Crippen molar-refractivity contribution >= 4 is 33.6 Å². The first kappa shape index (κ1) is 17.0. The van der Waals surface area contributed by atoms with Crippen LogP contribution in [0, 0.1) is 10.1 Å². The highest BCUT2D eigenvalue weighted by Crippen LogP contribution is 2.34. The molecule has 1 aromatic heterocycles. The molecule has 0 aromatic carbocycles. The maximum Gasteiger partial charge on any atom is 0.325 e. The zero-order valence-electron chi connectivity index (χ0n) is 11.4. The molecule has 0 radical (unpaired) electrons. The van der Waals surface area contributed by atoms with Gasteiger partial charge in [-0.15, -0.1) is 0 Å². The van der Waals surface area contributed by atoms with E-state index < -0.39 is 28.5 Å². The number of rotatable bonds is 6. The van der Waals surface area contributed by atoms with Gasteiger partial charge in [-0.3, -0.25) is 24.7 Å². The molecule has 0 aliphatic carbocycles. The predicted octanol–water partition coefficient (Wildman–Crippen LogP) is 1.96. The van der Waals surface area contributed by atoms with E-state index in [1.165, 1.54) is 6.20 Å². The van der Waals surface area contributed by atoms with Crippen molar-refractivity contribution in [3.8, 4) is 0 Å². The van der Waals surface area contributed by atoms with Crippen LogP contribution in [0.4, 0.5) is 5.69 Å². The number of halogens is 1. The summed E-state index contributed by atoms with van der Waals surface area (Å²) in [6, 6.07) is 0. The molecular formula is C12H13BrN2O6. The van der Waals surface area contributed by atoms with Crippen molar-refractivity contribution in [2.45, 2.75) is 19.8 Å². The minimum Gasteiger partial charge on any atom is -0.465 e. The Kier molecular flexibility index (Phi) is 6.22. The van der Waals surface area contributed by atoms with Crippen molar-refractivity contribution in [1.82, 2.24) is 4.98 Å². The summed E-state index contributed by atoms with van der Waals surface area (Å²) in [7, 11) is 0. The van der Waals surface area contributed by atoms with Gasteiger partial charge in [-0.05, 0) is 29.8 Å². The molecule has 0 spiro atoms. The molecule has 114 valence electrons. The fourth-order valence-corrected chi connectivity index (χ4v) is 2.20. The lowest BCUT2D eigenvalue weighted by molar-refractivity contribution is -0.386. The summed E-state index contributed by atoms with van der Waals surface area (Å²) in [5.74, 6) is -3.36. The Balaban J connectivity index is 3.42. The number of nitro groups is 1. The average Bonchev–Trinajstić information content (AvgIpc) is 2.41. The normalized spacial score (nSPS) is 10.3. The Morgan fingerprint density at radius 1 is 1.29 bits per heavy atom. The van der Waals surface area contributed by atoms with Crippen LogP contribution >= 0.6 is 15.9 Å². The average molecular weight is 361 g/mol. The highest BCUT2D eigenvalue weighted by molar-refractivity contribution is 9.10. The molecule has 1 heterocycles. The van der Waals surface area contributed by atoms with E-state index in [0.717, 1.165) is 6.20 Å². The van der Waals surface area contributed by atoms with Gasteiger partial charge in [0, 0.05) is 10.7 Å². The second-order valence-corrected chi connectivity index (χ2v) is 4.60. The lowest BCUT2D eigenvalue weighted by atomic mass is 9.99. The van der Waals surface area contributed by atoms with Crippen LogP contribution in [-0.4, -0.2) is 35.1 Å². The third kappa shape index (κ3) is 3.97. The van der Waals surface area contributed by atoms with Gasteiger partial charge in [-0.1, -0.05) is 0 Å². The minimum absolute atomic E-state index is 0.0330. The van der Waals surface area contributed by atoms with Crippen molar-refractivity contribution in [2.75, 3.05) is 13.2 Å². The molecule has 0 aliphatic heterocycles. The molecule has 0 aliphatic rings. The largest absolute Gasteiger partial charge is 0.465 e. The summed E-state index contributed by atoms with van der Waals surface area (Å²) in [5.41, 5.74) is -0.595. The van der Waals surface area contributed by atoms with Gasteiger partial charge in [0.15, 0.2) is 5.92 Å². The molecule has 0 atom stereocenters. The van der Waals surface area contributed by atoms with E-state index in [2.05, 4.69) is 20.9 Å². The Hall–Kier alpha value is -2.03. The molecule has 1 rings (SSSR count). The molecule has 0 amide bonds. The molecular weight excluding hydrogens is 348 g/mol. The third-order valence-corrected chi connectivity index (χ3v) is 3.08. The van der Waals surface area contributed by atoms with Gasteiger partial charge < -0.3 is 9.47 Å². The van der Waals surface area contributed by atoms with Crippen LogP contribution in [-0.2, 0) is 19.1 Å². The number of carbonyl (C=O) groups excluding carboxylic acids is 2. The molecule has 0 saturated carbocycles. The second kappa shape index (κ2) is 7.67. The van der Waals surface area contributed by atoms with Gasteiger partial charge in [-0.25, -0.2) is 0 Å². The lowest BCUT2D eigenvalue weighted by Gasteiger charge is -2.15. The topological polar surface area (TPSA) is 109 Å². The minimum atomic E-state index is -1.54. The van der Waals surface area contributed by atoms with E-state index in [1.807, 2.05) is 0 Å². The van der Waals surface area contributed by atoms with Crippen LogP contribution in [0.1, 0.15) is 25.3 Å². The van der Waals surface area contributed by atoms with Gasteiger partial charge >= 0.3 is 11.9 Å². The van der Waals surface area contributed by atoms with Crippen LogP contribution < -0.4 is 0 Å². The van der Waals surface area contributed by atoms with E-state index in [0.29, 0.717) is 0 Å². The molecule has 0 N–H and O–H groups in total. The summed E-state index contributed by atoms with van der Waals surface area (Å²) < 4.78 is 9.78. The quantitative estimate of drug-likeness (QED) is 0.330. The van der Waals surface area contributed by atoms with Crippen molar-refractivity contribution in [2.24, 2.45) is 0 Å². The monoisotopic (exact) mass is 360 g/mol. The van der Waals surface area contributed by atoms with Gasteiger partial charge in [-0.2, -0.15) is 0 Å². The number of esters is 2. The molecule has 21 heavy (non-hydrogen) atoms. The smallest absolute Gasteiger partial charge is 0.325 e. The molecule has 8 nitrogen and oxygen atoms in total. The summed E-state index contributed by atoms with van der Waals surface area (Å²) in [5, 5.41) is 11.1. The van der Waals surface area contributed by atoms with E-state index >= 15 is 0 Å². The van der Waals surface area contributed by atoms with Crippen LogP contribution in [0.2, 0.25) is 0 Å². The van der Waals surface area contributed by atoms with Gasteiger partial charge in [0.2, 0.25) is 0 Å². The number of ether oxygens (including phenoxy) is 2. The lowest BCUT2D eigenvalue weighted by Crippen LogP contribution is -2.27. The van der Waals surface area contributed by atoms with Gasteiger partial charge in [0.1, 0.15) is 6.20 Å². The van der Waals surface area contributed by atoms with E-state index in [4.69, 9.17) is 9.47 Å².